The molecule has 0 bridgehead atoms. The van der Waals surface area contributed by atoms with Crippen LogP contribution in [0.25, 0.3) is 0 Å². The molecule has 0 unspecified atom stereocenters. The minimum Gasteiger partial charge on any atom is -0.352 e. The normalized spacial score (nSPS) is 17.2. The summed E-state index contributed by atoms with van der Waals surface area (Å²) in [6.45, 7) is 2.59. The molecular weight excluding hydrogens is 307 g/mol. The van der Waals surface area contributed by atoms with Crippen LogP contribution in [0.3, 0.4) is 0 Å². The Kier molecular flexibility index (Phi) is 4.60. The Morgan fingerprint density at radius 3 is 2.79 bits per heavy atom. The van der Waals surface area contributed by atoms with Crippen molar-refractivity contribution in [3.05, 3.63) is 65.5 Å². The predicted molar refractivity (Wildman–Crippen MR) is 89.9 cm³/mol. The third-order valence-electron chi connectivity index (χ3n) is 4.16. The molecule has 1 fully saturated rings. The predicted octanol–water partition coefficient (Wildman–Crippen LogP) is 2.80. The highest BCUT2D eigenvalue weighted by Crippen LogP contribution is 2.25. The standard InChI is InChI=1S/C19H19FN2O2/c1-13-4-2-7-17(8-13)22-12-15(10-18(22)23)19(24)21-11-14-5-3-6-16(20)9-14/h2-9,15H,10-12H2,1H3,(H,21,24)/t15-/m0/s1. The Bertz CT molecular complexity index is 775. The Labute approximate surface area is 140 Å². The van der Waals surface area contributed by atoms with Crippen LogP contribution in [-0.4, -0.2) is 18.4 Å². The minimum atomic E-state index is -0.383. The first-order chi connectivity index (χ1) is 11.5. The Morgan fingerprint density at radius 1 is 1.25 bits per heavy atom. The van der Waals surface area contributed by atoms with Crippen molar-refractivity contribution in [2.45, 2.75) is 19.9 Å². The Hall–Kier alpha value is -2.69. The van der Waals surface area contributed by atoms with Gasteiger partial charge in [-0.1, -0.05) is 24.3 Å². The van der Waals surface area contributed by atoms with E-state index in [4.69, 9.17) is 0 Å². The molecule has 2 amide bonds. The van der Waals surface area contributed by atoms with Gasteiger partial charge in [-0.2, -0.15) is 0 Å². The molecule has 0 spiro atoms. The number of amides is 2. The number of halogens is 1. The monoisotopic (exact) mass is 326 g/mol. The average molecular weight is 326 g/mol. The lowest BCUT2D eigenvalue weighted by Gasteiger charge is -2.17. The van der Waals surface area contributed by atoms with Crippen molar-refractivity contribution in [1.29, 1.82) is 0 Å². The van der Waals surface area contributed by atoms with Crippen LogP contribution in [-0.2, 0) is 16.1 Å². The summed E-state index contributed by atoms with van der Waals surface area (Å²) in [5.74, 6) is -0.941. The molecule has 0 saturated carbocycles. The SMILES string of the molecule is Cc1cccc(N2C[C@@H](C(=O)NCc3cccc(F)c3)CC2=O)c1. The second-order valence-electron chi connectivity index (χ2n) is 6.09. The highest BCUT2D eigenvalue weighted by molar-refractivity contribution is 6.00. The zero-order valence-corrected chi connectivity index (χ0v) is 13.5. The van der Waals surface area contributed by atoms with Crippen LogP contribution >= 0.6 is 0 Å². The Morgan fingerprint density at radius 2 is 2.04 bits per heavy atom. The van der Waals surface area contributed by atoms with Crippen LogP contribution < -0.4 is 10.2 Å². The van der Waals surface area contributed by atoms with Crippen molar-refractivity contribution in [2.24, 2.45) is 5.92 Å². The zero-order valence-electron chi connectivity index (χ0n) is 13.5. The van der Waals surface area contributed by atoms with Crippen molar-refractivity contribution < 1.29 is 14.0 Å². The van der Waals surface area contributed by atoms with Crippen molar-refractivity contribution in [3.63, 3.8) is 0 Å². The second kappa shape index (κ2) is 6.83. The minimum absolute atomic E-state index is 0.0495. The molecule has 0 aromatic heterocycles. The number of nitrogens with one attached hydrogen (secondary N) is 1. The van der Waals surface area contributed by atoms with E-state index in [1.807, 2.05) is 31.2 Å². The van der Waals surface area contributed by atoms with E-state index >= 15 is 0 Å². The summed E-state index contributed by atoms with van der Waals surface area (Å²) >= 11 is 0. The third-order valence-corrected chi connectivity index (χ3v) is 4.16. The number of aryl methyl sites for hydroxylation is 1. The van der Waals surface area contributed by atoms with E-state index in [0.717, 1.165) is 11.3 Å². The molecule has 2 aromatic carbocycles. The van der Waals surface area contributed by atoms with E-state index < -0.39 is 0 Å². The molecule has 3 rings (SSSR count). The van der Waals surface area contributed by atoms with E-state index in [2.05, 4.69) is 5.32 Å². The van der Waals surface area contributed by atoms with Gasteiger partial charge in [0.2, 0.25) is 11.8 Å². The zero-order chi connectivity index (χ0) is 17.1. The number of nitrogens with zero attached hydrogens (tertiary/aromatic N) is 1. The van der Waals surface area contributed by atoms with Gasteiger partial charge in [-0.15, -0.1) is 0 Å². The molecule has 1 heterocycles. The number of carbonyl (C=O) groups is 2. The smallest absolute Gasteiger partial charge is 0.227 e. The van der Waals surface area contributed by atoms with Gasteiger partial charge < -0.3 is 10.2 Å². The van der Waals surface area contributed by atoms with Gasteiger partial charge in [-0.05, 0) is 42.3 Å². The molecule has 4 nitrogen and oxygen atoms in total. The molecule has 2 aromatic rings. The number of rotatable bonds is 4. The summed E-state index contributed by atoms with van der Waals surface area (Å²) in [5.41, 5.74) is 2.59. The van der Waals surface area contributed by atoms with Gasteiger partial charge in [0.25, 0.3) is 0 Å². The lowest BCUT2D eigenvalue weighted by molar-refractivity contribution is -0.126. The Balaban J connectivity index is 1.61. The number of carbonyl (C=O) groups excluding carboxylic acids is 2. The molecule has 124 valence electrons. The van der Waals surface area contributed by atoms with Gasteiger partial charge >= 0.3 is 0 Å². The first-order valence-electron chi connectivity index (χ1n) is 7.92. The molecule has 0 aliphatic carbocycles. The first-order valence-corrected chi connectivity index (χ1v) is 7.92. The van der Waals surface area contributed by atoms with Gasteiger partial charge in [0.05, 0.1) is 5.92 Å². The number of anilines is 1. The summed E-state index contributed by atoms with van der Waals surface area (Å²) in [5, 5.41) is 2.79. The number of hydrogen-bond donors (Lipinski definition) is 1. The molecule has 0 radical (unpaired) electrons. The lowest BCUT2D eigenvalue weighted by Crippen LogP contribution is -2.32. The first kappa shape index (κ1) is 16.2. The highest BCUT2D eigenvalue weighted by Gasteiger charge is 2.34. The van der Waals surface area contributed by atoms with Crippen molar-refractivity contribution >= 4 is 17.5 Å². The van der Waals surface area contributed by atoms with Gasteiger partial charge in [-0.25, -0.2) is 4.39 Å². The van der Waals surface area contributed by atoms with Gasteiger partial charge in [0, 0.05) is 25.2 Å². The van der Waals surface area contributed by atoms with Gasteiger partial charge in [0.1, 0.15) is 5.82 Å². The fourth-order valence-corrected chi connectivity index (χ4v) is 2.91. The molecule has 24 heavy (non-hydrogen) atoms. The van der Waals surface area contributed by atoms with Gasteiger partial charge in [-0.3, -0.25) is 9.59 Å². The van der Waals surface area contributed by atoms with Crippen LogP contribution in [0.5, 0.6) is 0 Å². The highest BCUT2D eigenvalue weighted by atomic mass is 19.1. The van der Waals surface area contributed by atoms with Crippen molar-refractivity contribution in [2.75, 3.05) is 11.4 Å². The third kappa shape index (κ3) is 3.62. The van der Waals surface area contributed by atoms with Crippen LogP contribution in [0.4, 0.5) is 10.1 Å². The average Bonchev–Trinajstić information content (AvgIpc) is 2.95. The van der Waals surface area contributed by atoms with Crippen molar-refractivity contribution in [3.8, 4) is 0 Å². The molecule has 1 aliphatic heterocycles. The van der Waals surface area contributed by atoms with E-state index in [-0.39, 0.29) is 36.5 Å². The van der Waals surface area contributed by atoms with E-state index in [1.54, 1.807) is 17.0 Å². The van der Waals surface area contributed by atoms with Crippen molar-refractivity contribution in [1.82, 2.24) is 5.32 Å². The fraction of sp³-hybridized carbons (Fsp3) is 0.263. The summed E-state index contributed by atoms with van der Waals surface area (Å²) in [6.07, 6.45) is 0.197. The summed E-state index contributed by atoms with van der Waals surface area (Å²) in [4.78, 5) is 26.2. The van der Waals surface area contributed by atoms with Crippen LogP contribution in [0.15, 0.2) is 48.5 Å². The second-order valence-corrected chi connectivity index (χ2v) is 6.09. The maximum atomic E-state index is 13.2. The largest absolute Gasteiger partial charge is 0.352 e. The summed E-state index contributed by atoms with van der Waals surface area (Å²) < 4.78 is 13.2. The molecule has 1 aliphatic rings. The van der Waals surface area contributed by atoms with E-state index in [9.17, 15) is 14.0 Å². The maximum absolute atomic E-state index is 13.2. The van der Waals surface area contributed by atoms with Crippen LogP contribution in [0.1, 0.15) is 17.5 Å². The molecule has 1 saturated heterocycles. The number of benzene rings is 2. The maximum Gasteiger partial charge on any atom is 0.227 e. The topological polar surface area (TPSA) is 49.4 Å². The van der Waals surface area contributed by atoms with Crippen LogP contribution in [0.2, 0.25) is 0 Å². The summed E-state index contributed by atoms with van der Waals surface area (Å²) in [6, 6.07) is 13.8. The van der Waals surface area contributed by atoms with Gasteiger partial charge in [0.15, 0.2) is 0 Å². The number of hydrogen-bond acceptors (Lipinski definition) is 2. The van der Waals surface area contributed by atoms with E-state index in [0.29, 0.717) is 12.1 Å². The van der Waals surface area contributed by atoms with E-state index in [1.165, 1.54) is 12.1 Å². The molecule has 1 N–H and O–H groups in total. The summed E-state index contributed by atoms with van der Waals surface area (Å²) in [7, 11) is 0. The molecule has 5 heteroatoms. The molecular formula is C19H19FN2O2. The quantitative estimate of drug-likeness (QED) is 0.939. The fourth-order valence-electron chi connectivity index (χ4n) is 2.91. The lowest BCUT2D eigenvalue weighted by atomic mass is 10.1. The van der Waals surface area contributed by atoms with Crippen LogP contribution in [0, 0.1) is 18.7 Å². The molecule has 1 atom stereocenters.